The van der Waals surface area contributed by atoms with Gasteiger partial charge in [-0.3, -0.25) is 0 Å². The van der Waals surface area contributed by atoms with Crippen molar-refractivity contribution in [3.05, 3.63) is 69.7 Å². The first-order valence-electron chi connectivity index (χ1n) is 6.95. The Balaban J connectivity index is 2.35. The first kappa shape index (κ1) is 15.9. The summed E-state index contributed by atoms with van der Waals surface area (Å²) >= 11 is 6.35. The molecule has 0 aromatic heterocycles. The molecule has 0 aliphatic rings. The summed E-state index contributed by atoms with van der Waals surface area (Å²) in [6, 6.07) is 9.13. The molecule has 0 bridgehead atoms. The number of benzene rings is 2. The maximum Gasteiger partial charge on any atom is 0.126 e. The van der Waals surface area contributed by atoms with Crippen LogP contribution in [0.3, 0.4) is 0 Å². The highest BCUT2D eigenvalue weighted by Crippen LogP contribution is 2.29. The molecule has 112 valence electrons. The van der Waals surface area contributed by atoms with Crippen LogP contribution in [0, 0.1) is 18.6 Å². The molecule has 0 radical (unpaired) electrons. The molecular formula is C17H18ClF2N. The van der Waals surface area contributed by atoms with Gasteiger partial charge in [0.25, 0.3) is 0 Å². The Kier molecular flexibility index (Phi) is 5.32. The van der Waals surface area contributed by atoms with E-state index in [9.17, 15) is 8.78 Å². The lowest BCUT2D eigenvalue weighted by Crippen LogP contribution is -2.24. The fourth-order valence-electron chi connectivity index (χ4n) is 2.40. The number of aryl methyl sites for hydroxylation is 1. The van der Waals surface area contributed by atoms with E-state index in [1.54, 1.807) is 0 Å². The highest BCUT2D eigenvalue weighted by atomic mass is 35.5. The quantitative estimate of drug-likeness (QED) is 0.835. The van der Waals surface area contributed by atoms with Crippen LogP contribution in [0.15, 0.2) is 36.4 Å². The Morgan fingerprint density at radius 1 is 1.19 bits per heavy atom. The van der Waals surface area contributed by atoms with Crippen molar-refractivity contribution >= 4 is 11.6 Å². The molecule has 0 heterocycles. The summed E-state index contributed by atoms with van der Waals surface area (Å²) in [6.07, 6.45) is 0.348. The van der Waals surface area contributed by atoms with E-state index >= 15 is 0 Å². The van der Waals surface area contributed by atoms with E-state index in [1.165, 1.54) is 6.07 Å². The van der Waals surface area contributed by atoms with E-state index in [0.717, 1.165) is 23.3 Å². The van der Waals surface area contributed by atoms with E-state index in [-0.39, 0.29) is 6.04 Å². The molecular weight excluding hydrogens is 292 g/mol. The van der Waals surface area contributed by atoms with Crippen LogP contribution in [0.4, 0.5) is 8.78 Å². The minimum atomic E-state index is -0.433. The Morgan fingerprint density at radius 2 is 1.95 bits per heavy atom. The number of likely N-dealkylation sites (N-methyl/N-ethyl adjacent to an activating group) is 1. The fourth-order valence-corrected chi connectivity index (χ4v) is 2.66. The second kappa shape index (κ2) is 7.01. The van der Waals surface area contributed by atoms with E-state index < -0.39 is 11.6 Å². The van der Waals surface area contributed by atoms with Crippen LogP contribution in [0.25, 0.3) is 0 Å². The van der Waals surface area contributed by atoms with Gasteiger partial charge >= 0.3 is 0 Å². The standard InChI is InChI=1S/C17H18ClF2N/c1-3-21-16(14-6-4-5-11(2)17(14)18)10-12-9-13(19)7-8-15(12)20/h4-9,16,21H,3,10H2,1-2H3. The zero-order valence-electron chi connectivity index (χ0n) is 12.1. The molecule has 0 amide bonds. The van der Waals surface area contributed by atoms with Crippen molar-refractivity contribution in [2.45, 2.75) is 26.3 Å². The van der Waals surface area contributed by atoms with Crippen molar-refractivity contribution in [1.82, 2.24) is 5.32 Å². The maximum absolute atomic E-state index is 13.8. The molecule has 0 fully saturated rings. The first-order chi connectivity index (χ1) is 10.0. The predicted octanol–water partition coefficient (Wildman–Crippen LogP) is 4.82. The number of halogens is 3. The molecule has 4 heteroatoms. The SMILES string of the molecule is CCNC(Cc1cc(F)ccc1F)c1cccc(C)c1Cl. The molecule has 0 saturated carbocycles. The van der Waals surface area contributed by atoms with E-state index in [1.807, 2.05) is 32.0 Å². The first-order valence-corrected chi connectivity index (χ1v) is 7.33. The van der Waals surface area contributed by atoms with Crippen molar-refractivity contribution in [2.75, 3.05) is 6.54 Å². The van der Waals surface area contributed by atoms with Crippen LogP contribution in [0.1, 0.15) is 29.7 Å². The summed E-state index contributed by atoms with van der Waals surface area (Å²) in [4.78, 5) is 0. The van der Waals surface area contributed by atoms with Crippen LogP contribution in [-0.2, 0) is 6.42 Å². The van der Waals surface area contributed by atoms with Gasteiger partial charge in [-0.15, -0.1) is 0 Å². The van der Waals surface area contributed by atoms with Crippen molar-refractivity contribution in [1.29, 1.82) is 0 Å². The molecule has 0 saturated heterocycles. The summed E-state index contributed by atoms with van der Waals surface area (Å²) in [7, 11) is 0. The lowest BCUT2D eigenvalue weighted by molar-refractivity contribution is 0.522. The Bertz CT molecular complexity index is 628. The number of hydrogen-bond donors (Lipinski definition) is 1. The van der Waals surface area contributed by atoms with Crippen LogP contribution < -0.4 is 5.32 Å². The predicted molar refractivity (Wildman–Crippen MR) is 82.7 cm³/mol. The third-order valence-corrected chi connectivity index (χ3v) is 4.00. The summed E-state index contributed by atoms with van der Waals surface area (Å²) in [5, 5.41) is 3.96. The van der Waals surface area contributed by atoms with Gasteiger partial charge in [0.05, 0.1) is 0 Å². The topological polar surface area (TPSA) is 12.0 Å². The van der Waals surface area contributed by atoms with Gasteiger partial charge in [0.1, 0.15) is 11.6 Å². The molecule has 0 aliphatic carbocycles. The van der Waals surface area contributed by atoms with E-state index in [2.05, 4.69) is 5.32 Å². The highest BCUT2D eigenvalue weighted by molar-refractivity contribution is 6.32. The van der Waals surface area contributed by atoms with Crippen molar-refractivity contribution < 1.29 is 8.78 Å². The Morgan fingerprint density at radius 3 is 2.67 bits per heavy atom. The molecule has 2 aromatic rings. The van der Waals surface area contributed by atoms with Gasteiger partial charge in [-0.2, -0.15) is 0 Å². The molecule has 0 aliphatic heterocycles. The number of nitrogens with one attached hydrogen (secondary N) is 1. The lowest BCUT2D eigenvalue weighted by atomic mass is 9.97. The Labute approximate surface area is 128 Å². The summed E-state index contributed by atoms with van der Waals surface area (Å²) in [6.45, 7) is 4.61. The molecule has 21 heavy (non-hydrogen) atoms. The average Bonchev–Trinajstić information content (AvgIpc) is 2.45. The fraction of sp³-hybridized carbons (Fsp3) is 0.294. The molecule has 2 aromatic carbocycles. The van der Waals surface area contributed by atoms with E-state index in [0.29, 0.717) is 23.6 Å². The molecule has 2 rings (SSSR count). The third kappa shape index (κ3) is 3.80. The van der Waals surface area contributed by atoms with Crippen molar-refractivity contribution in [3.63, 3.8) is 0 Å². The van der Waals surface area contributed by atoms with Crippen LogP contribution in [-0.4, -0.2) is 6.54 Å². The second-order valence-corrected chi connectivity index (χ2v) is 5.41. The van der Waals surface area contributed by atoms with Crippen LogP contribution in [0.5, 0.6) is 0 Å². The van der Waals surface area contributed by atoms with Gasteiger partial charge in [0.15, 0.2) is 0 Å². The normalized spacial score (nSPS) is 12.4. The van der Waals surface area contributed by atoms with Crippen molar-refractivity contribution in [2.24, 2.45) is 0 Å². The van der Waals surface area contributed by atoms with Gasteiger partial charge in [0.2, 0.25) is 0 Å². The number of hydrogen-bond acceptors (Lipinski definition) is 1. The molecule has 1 atom stereocenters. The van der Waals surface area contributed by atoms with Gasteiger partial charge < -0.3 is 5.32 Å². The lowest BCUT2D eigenvalue weighted by Gasteiger charge is -2.21. The zero-order chi connectivity index (χ0) is 15.4. The van der Waals surface area contributed by atoms with Crippen LogP contribution >= 0.6 is 11.6 Å². The molecule has 0 spiro atoms. The van der Waals surface area contributed by atoms with Crippen molar-refractivity contribution in [3.8, 4) is 0 Å². The molecule has 1 N–H and O–H groups in total. The Hall–Kier alpha value is -1.45. The average molecular weight is 310 g/mol. The van der Waals surface area contributed by atoms with Gasteiger partial charge in [0, 0.05) is 11.1 Å². The summed E-state index contributed by atoms with van der Waals surface area (Å²) in [5.74, 6) is -0.833. The largest absolute Gasteiger partial charge is 0.310 e. The molecule has 1 unspecified atom stereocenters. The zero-order valence-corrected chi connectivity index (χ0v) is 12.8. The van der Waals surface area contributed by atoms with E-state index in [4.69, 9.17) is 11.6 Å². The minimum Gasteiger partial charge on any atom is -0.310 e. The van der Waals surface area contributed by atoms with Crippen LogP contribution in [0.2, 0.25) is 5.02 Å². The van der Waals surface area contributed by atoms with Gasteiger partial charge in [-0.1, -0.05) is 36.7 Å². The number of rotatable bonds is 5. The monoisotopic (exact) mass is 309 g/mol. The van der Waals surface area contributed by atoms with Gasteiger partial charge in [-0.25, -0.2) is 8.78 Å². The van der Waals surface area contributed by atoms with Gasteiger partial charge in [-0.05, 0) is 54.8 Å². The molecule has 1 nitrogen and oxygen atoms in total. The summed E-state index contributed by atoms with van der Waals surface area (Å²) in [5.41, 5.74) is 2.22. The second-order valence-electron chi connectivity index (χ2n) is 5.03. The highest BCUT2D eigenvalue weighted by Gasteiger charge is 2.17. The smallest absolute Gasteiger partial charge is 0.126 e. The third-order valence-electron chi connectivity index (χ3n) is 3.48. The minimum absolute atomic E-state index is 0.154. The maximum atomic E-state index is 13.8. The summed E-state index contributed by atoms with van der Waals surface area (Å²) < 4.78 is 27.2.